The van der Waals surface area contributed by atoms with E-state index in [0.717, 1.165) is 53.4 Å². The molecule has 0 spiro atoms. The fraction of sp³-hybridized carbons (Fsp3) is 0.368. The number of aromatic nitrogens is 3. The lowest BCUT2D eigenvalue weighted by atomic mass is 10.1. The van der Waals surface area contributed by atoms with Gasteiger partial charge in [-0.1, -0.05) is 13.0 Å². The van der Waals surface area contributed by atoms with Crippen LogP contribution in [0.3, 0.4) is 0 Å². The number of anilines is 1. The van der Waals surface area contributed by atoms with Gasteiger partial charge in [-0.25, -0.2) is 4.98 Å². The molecular formula is C19H24N4O2. The standard InChI is InChI=1S/C19H24N4O2/c1-5-15-12(2)21-18-11-14(22-23(18)19(15)20)8-6-13-7-9-16(24-3)17(10-13)25-4/h7,9-11H,5-6,8,20H2,1-4H3. The zero-order chi connectivity index (χ0) is 18.0. The molecule has 0 radical (unpaired) electrons. The number of nitrogens with zero attached hydrogens (tertiary/aromatic N) is 3. The normalized spacial score (nSPS) is 11.0. The zero-order valence-corrected chi connectivity index (χ0v) is 15.2. The van der Waals surface area contributed by atoms with Crippen LogP contribution in [0, 0.1) is 6.92 Å². The molecule has 0 aliphatic carbocycles. The minimum absolute atomic E-state index is 0.683. The Morgan fingerprint density at radius 3 is 2.52 bits per heavy atom. The molecule has 6 heteroatoms. The van der Waals surface area contributed by atoms with Crippen molar-refractivity contribution < 1.29 is 9.47 Å². The number of nitrogen functional groups attached to an aromatic ring is 1. The molecule has 0 atom stereocenters. The Morgan fingerprint density at radius 2 is 1.84 bits per heavy atom. The van der Waals surface area contributed by atoms with Crippen LogP contribution in [0.1, 0.15) is 29.4 Å². The summed E-state index contributed by atoms with van der Waals surface area (Å²) in [6, 6.07) is 7.97. The molecule has 0 saturated heterocycles. The van der Waals surface area contributed by atoms with Crippen LogP contribution in [-0.2, 0) is 19.3 Å². The third-order valence-electron chi connectivity index (χ3n) is 4.47. The van der Waals surface area contributed by atoms with Crippen LogP contribution in [0.2, 0.25) is 0 Å². The maximum Gasteiger partial charge on any atom is 0.160 e. The van der Waals surface area contributed by atoms with Crippen LogP contribution in [0.25, 0.3) is 5.65 Å². The molecule has 132 valence electrons. The van der Waals surface area contributed by atoms with Crippen molar-refractivity contribution in [1.82, 2.24) is 14.6 Å². The van der Waals surface area contributed by atoms with Crippen LogP contribution in [0.5, 0.6) is 11.5 Å². The summed E-state index contributed by atoms with van der Waals surface area (Å²) in [6.07, 6.45) is 2.50. The van der Waals surface area contributed by atoms with Crippen molar-refractivity contribution in [3.05, 3.63) is 46.8 Å². The summed E-state index contributed by atoms with van der Waals surface area (Å²) in [5.41, 5.74) is 11.2. The Balaban J connectivity index is 1.83. The third-order valence-corrected chi connectivity index (χ3v) is 4.47. The van der Waals surface area contributed by atoms with E-state index in [1.54, 1.807) is 18.7 Å². The van der Waals surface area contributed by atoms with Gasteiger partial charge in [0.25, 0.3) is 0 Å². The lowest BCUT2D eigenvalue weighted by molar-refractivity contribution is 0.354. The second-order valence-electron chi connectivity index (χ2n) is 6.01. The van der Waals surface area contributed by atoms with Gasteiger partial charge in [-0.2, -0.15) is 9.61 Å². The number of hydrogen-bond acceptors (Lipinski definition) is 5. The number of methoxy groups -OCH3 is 2. The molecule has 1 aromatic carbocycles. The average molecular weight is 340 g/mol. The topological polar surface area (TPSA) is 74.7 Å². The number of ether oxygens (including phenoxy) is 2. The third kappa shape index (κ3) is 3.24. The van der Waals surface area contributed by atoms with Gasteiger partial charge in [0.15, 0.2) is 17.1 Å². The predicted molar refractivity (Wildman–Crippen MR) is 98.5 cm³/mol. The Bertz CT molecular complexity index is 902. The zero-order valence-electron chi connectivity index (χ0n) is 15.2. The van der Waals surface area contributed by atoms with Gasteiger partial charge >= 0.3 is 0 Å². The number of aryl methyl sites for hydroxylation is 3. The van der Waals surface area contributed by atoms with Crippen LogP contribution in [0.4, 0.5) is 5.82 Å². The molecule has 6 nitrogen and oxygen atoms in total. The Labute approximate surface area is 147 Å². The molecule has 0 unspecified atom stereocenters. The van der Waals surface area contributed by atoms with Crippen LogP contribution < -0.4 is 15.2 Å². The maximum atomic E-state index is 6.25. The highest BCUT2D eigenvalue weighted by molar-refractivity contribution is 5.53. The smallest absolute Gasteiger partial charge is 0.160 e. The van der Waals surface area contributed by atoms with Gasteiger partial charge in [-0.15, -0.1) is 0 Å². The highest BCUT2D eigenvalue weighted by atomic mass is 16.5. The van der Waals surface area contributed by atoms with Crippen molar-refractivity contribution in [2.24, 2.45) is 0 Å². The summed E-state index contributed by atoms with van der Waals surface area (Å²) in [5, 5.41) is 4.63. The van der Waals surface area contributed by atoms with E-state index in [0.29, 0.717) is 5.82 Å². The van der Waals surface area contributed by atoms with Gasteiger partial charge < -0.3 is 15.2 Å². The van der Waals surface area contributed by atoms with Crippen molar-refractivity contribution in [2.45, 2.75) is 33.1 Å². The first kappa shape index (κ1) is 17.1. The molecule has 3 rings (SSSR count). The van der Waals surface area contributed by atoms with Crippen molar-refractivity contribution in [2.75, 3.05) is 20.0 Å². The molecular weight excluding hydrogens is 316 g/mol. The number of hydrogen-bond donors (Lipinski definition) is 1. The Hall–Kier alpha value is -2.76. The lowest BCUT2D eigenvalue weighted by Crippen LogP contribution is -2.07. The van der Waals surface area contributed by atoms with Crippen molar-refractivity contribution in [3.63, 3.8) is 0 Å². The molecule has 0 aliphatic heterocycles. The summed E-state index contributed by atoms with van der Waals surface area (Å²) in [5.74, 6) is 2.16. The van der Waals surface area contributed by atoms with Crippen LogP contribution in [-0.4, -0.2) is 28.8 Å². The van der Waals surface area contributed by atoms with Gasteiger partial charge in [0, 0.05) is 17.3 Å². The quantitative estimate of drug-likeness (QED) is 0.747. The van der Waals surface area contributed by atoms with Crippen molar-refractivity contribution in [1.29, 1.82) is 0 Å². The molecule has 2 aromatic heterocycles. The number of nitrogens with two attached hydrogens (primary N) is 1. The summed E-state index contributed by atoms with van der Waals surface area (Å²) in [6.45, 7) is 4.07. The van der Waals surface area contributed by atoms with E-state index in [-0.39, 0.29) is 0 Å². The number of rotatable bonds is 6. The molecule has 0 bridgehead atoms. The Morgan fingerprint density at radius 1 is 1.08 bits per heavy atom. The van der Waals surface area contributed by atoms with E-state index < -0.39 is 0 Å². The van der Waals surface area contributed by atoms with Crippen LogP contribution in [0.15, 0.2) is 24.3 Å². The molecule has 2 N–H and O–H groups in total. The molecule has 0 saturated carbocycles. The first-order valence-electron chi connectivity index (χ1n) is 8.41. The van der Waals surface area contributed by atoms with E-state index in [2.05, 4.69) is 17.0 Å². The molecule has 0 fully saturated rings. The van der Waals surface area contributed by atoms with E-state index in [4.69, 9.17) is 15.2 Å². The summed E-state index contributed by atoms with van der Waals surface area (Å²) in [4.78, 5) is 4.62. The van der Waals surface area contributed by atoms with Crippen LogP contribution >= 0.6 is 0 Å². The summed E-state index contributed by atoms with van der Waals surface area (Å²) in [7, 11) is 3.28. The monoisotopic (exact) mass is 340 g/mol. The fourth-order valence-corrected chi connectivity index (χ4v) is 3.10. The summed E-state index contributed by atoms with van der Waals surface area (Å²) < 4.78 is 12.4. The molecule has 3 aromatic rings. The highest BCUT2D eigenvalue weighted by Crippen LogP contribution is 2.28. The van der Waals surface area contributed by atoms with E-state index in [1.165, 1.54) is 5.56 Å². The van der Waals surface area contributed by atoms with Crippen molar-refractivity contribution in [3.8, 4) is 11.5 Å². The first-order valence-corrected chi connectivity index (χ1v) is 8.41. The Kier molecular flexibility index (Phi) is 4.79. The van der Waals surface area contributed by atoms with Crippen molar-refractivity contribution >= 4 is 11.5 Å². The van der Waals surface area contributed by atoms with E-state index in [1.807, 2.05) is 31.2 Å². The second kappa shape index (κ2) is 7.01. The number of benzene rings is 1. The fourth-order valence-electron chi connectivity index (χ4n) is 3.10. The van der Waals surface area contributed by atoms with E-state index in [9.17, 15) is 0 Å². The maximum absolute atomic E-state index is 6.25. The van der Waals surface area contributed by atoms with Gasteiger partial charge in [0.05, 0.1) is 19.9 Å². The van der Waals surface area contributed by atoms with Gasteiger partial charge in [0.2, 0.25) is 0 Å². The first-order chi connectivity index (χ1) is 12.1. The predicted octanol–water partition coefficient (Wildman–Crippen LogP) is 2.98. The molecule has 0 amide bonds. The van der Waals surface area contributed by atoms with Gasteiger partial charge in [-0.05, 0) is 43.9 Å². The summed E-state index contributed by atoms with van der Waals surface area (Å²) >= 11 is 0. The number of fused-ring (bicyclic) bond motifs is 1. The minimum atomic E-state index is 0.683. The van der Waals surface area contributed by atoms with E-state index >= 15 is 0 Å². The van der Waals surface area contributed by atoms with Gasteiger partial charge in [0.1, 0.15) is 5.82 Å². The van der Waals surface area contributed by atoms with Gasteiger partial charge in [-0.3, -0.25) is 0 Å². The lowest BCUT2D eigenvalue weighted by Gasteiger charge is -2.09. The molecule has 2 heterocycles. The minimum Gasteiger partial charge on any atom is -0.493 e. The average Bonchev–Trinajstić information content (AvgIpc) is 3.03. The molecule has 0 aliphatic rings. The molecule has 25 heavy (non-hydrogen) atoms. The largest absolute Gasteiger partial charge is 0.493 e. The highest BCUT2D eigenvalue weighted by Gasteiger charge is 2.12. The second-order valence-corrected chi connectivity index (χ2v) is 6.01. The SMILES string of the molecule is CCc1c(C)nc2cc(CCc3ccc(OC)c(OC)c3)nn2c1N.